The highest BCUT2D eigenvalue weighted by Gasteiger charge is 2.19. The highest BCUT2D eigenvalue weighted by molar-refractivity contribution is 9.10. The summed E-state index contributed by atoms with van der Waals surface area (Å²) in [6.45, 7) is 6.02. The van der Waals surface area contributed by atoms with Gasteiger partial charge in [0.05, 0.1) is 5.69 Å². The zero-order chi connectivity index (χ0) is 21.3. The van der Waals surface area contributed by atoms with E-state index < -0.39 is 0 Å². The Kier molecular flexibility index (Phi) is 5.50. The SMILES string of the molecule is Cc1cccc(-n2nc(C(=O)Nc3cccc(C)c3C)nc2-c2ccc(Br)cc2)c1. The molecule has 150 valence electrons. The van der Waals surface area contributed by atoms with Gasteiger partial charge in [-0.05, 0) is 67.8 Å². The first-order valence-electron chi connectivity index (χ1n) is 9.60. The maximum atomic E-state index is 13.0. The van der Waals surface area contributed by atoms with Crippen molar-refractivity contribution < 1.29 is 4.79 Å². The summed E-state index contributed by atoms with van der Waals surface area (Å²) in [4.78, 5) is 17.6. The van der Waals surface area contributed by atoms with Crippen molar-refractivity contribution in [1.29, 1.82) is 0 Å². The summed E-state index contributed by atoms with van der Waals surface area (Å²) in [6, 6.07) is 21.6. The van der Waals surface area contributed by atoms with Gasteiger partial charge in [0.1, 0.15) is 0 Å². The van der Waals surface area contributed by atoms with E-state index in [9.17, 15) is 4.79 Å². The molecule has 0 aliphatic carbocycles. The Hall–Kier alpha value is -3.25. The predicted octanol–water partition coefficient (Wildman–Crippen LogP) is 5.87. The number of carbonyl (C=O) groups excluding carboxylic acids is 1. The monoisotopic (exact) mass is 460 g/mol. The van der Waals surface area contributed by atoms with Gasteiger partial charge in [-0.25, -0.2) is 9.67 Å². The van der Waals surface area contributed by atoms with Crippen LogP contribution in [0.5, 0.6) is 0 Å². The third-order valence-electron chi connectivity index (χ3n) is 5.01. The van der Waals surface area contributed by atoms with Gasteiger partial charge in [0.15, 0.2) is 5.82 Å². The summed E-state index contributed by atoms with van der Waals surface area (Å²) >= 11 is 3.46. The first kappa shape index (κ1) is 20.0. The quantitative estimate of drug-likeness (QED) is 0.413. The van der Waals surface area contributed by atoms with Crippen LogP contribution in [0.2, 0.25) is 0 Å². The van der Waals surface area contributed by atoms with Gasteiger partial charge in [0, 0.05) is 15.7 Å². The van der Waals surface area contributed by atoms with E-state index in [1.807, 2.05) is 87.5 Å². The lowest BCUT2D eigenvalue weighted by molar-refractivity contribution is 0.101. The molecule has 0 radical (unpaired) electrons. The summed E-state index contributed by atoms with van der Waals surface area (Å²) in [5, 5.41) is 7.50. The summed E-state index contributed by atoms with van der Waals surface area (Å²) in [7, 11) is 0. The fourth-order valence-corrected chi connectivity index (χ4v) is 3.46. The molecule has 0 bridgehead atoms. The van der Waals surface area contributed by atoms with Crippen LogP contribution in [0.25, 0.3) is 17.1 Å². The number of aryl methyl sites for hydroxylation is 2. The van der Waals surface area contributed by atoms with E-state index >= 15 is 0 Å². The lowest BCUT2D eigenvalue weighted by atomic mass is 10.1. The number of rotatable bonds is 4. The second kappa shape index (κ2) is 8.24. The molecule has 0 unspecified atom stereocenters. The number of benzene rings is 3. The third kappa shape index (κ3) is 4.04. The first-order chi connectivity index (χ1) is 14.4. The average Bonchev–Trinajstić information content (AvgIpc) is 3.18. The molecule has 4 rings (SSSR count). The van der Waals surface area contributed by atoms with Gasteiger partial charge in [-0.3, -0.25) is 4.79 Å². The molecule has 1 aromatic heterocycles. The van der Waals surface area contributed by atoms with Crippen molar-refractivity contribution in [2.24, 2.45) is 0 Å². The number of aromatic nitrogens is 3. The Morgan fingerprint density at radius 2 is 1.70 bits per heavy atom. The topological polar surface area (TPSA) is 59.8 Å². The summed E-state index contributed by atoms with van der Waals surface area (Å²) in [5.74, 6) is 0.392. The van der Waals surface area contributed by atoms with Crippen LogP contribution in [0.4, 0.5) is 5.69 Å². The van der Waals surface area contributed by atoms with Crippen LogP contribution in [0, 0.1) is 20.8 Å². The van der Waals surface area contributed by atoms with Crippen molar-refractivity contribution in [2.75, 3.05) is 5.32 Å². The van der Waals surface area contributed by atoms with Gasteiger partial charge in [-0.2, -0.15) is 0 Å². The van der Waals surface area contributed by atoms with E-state index in [1.165, 1.54) is 0 Å². The van der Waals surface area contributed by atoms with Gasteiger partial charge < -0.3 is 5.32 Å². The van der Waals surface area contributed by atoms with Crippen LogP contribution < -0.4 is 5.32 Å². The molecule has 0 saturated carbocycles. The molecular formula is C24H21BrN4O. The Morgan fingerprint density at radius 1 is 0.967 bits per heavy atom. The number of nitrogens with zero attached hydrogens (tertiary/aromatic N) is 3. The number of hydrogen-bond acceptors (Lipinski definition) is 3. The number of carbonyl (C=O) groups is 1. The molecule has 0 aliphatic rings. The van der Waals surface area contributed by atoms with E-state index in [0.717, 1.165) is 38.1 Å². The number of halogens is 1. The number of hydrogen-bond donors (Lipinski definition) is 1. The molecular weight excluding hydrogens is 440 g/mol. The highest BCUT2D eigenvalue weighted by Crippen LogP contribution is 2.24. The van der Waals surface area contributed by atoms with Crippen molar-refractivity contribution >= 4 is 27.5 Å². The highest BCUT2D eigenvalue weighted by atomic mass is 79.9. The molecule has 1 amide bonds. The molecule has 0 spiro atoms. The fourth-order valence-electron chi connectivity index (χ4n) is 3.20. The van der Waals surface area contributed by atoms with Crippen LogP contribution in [0.3, 0.4) is 0 Å². The molecule has 6 heteroatoms. The average molecular weight is 461 g/mol. The molecule has 4 aromatic rings. The molecule has 30 heavy (non-hydrogen) atoms. The van der Waals surface area contributed by atoms with Gasteiger partial charge in [0.2, 0.25) is 5.82 Å². The smallest absolute Gasteiger partial charge is 0.295 e. The van der Waals surface area contributed by atoms with Crippen molar-refractivity contribution in [3.8, 4) is 17.1 Å². The summed E-state index contributed by atoms with van der Waals surface area (Å²) < 4.78 is 2.69. The van der Waals surface area contributed by atoms with Crippen LogP contribution >= 0.6 is 15.9 Å². The standard InChI is InChI=1S/C24H21BrN4O/c1-15-6-4-8-20(14-15)29-23(18-10-12-19(25)13-11-18)27-22(28-29)24(30)26-21-9-5-7-16(2)17(21)3/h4-14H,1-3H3,(H,26,30). The molecule has 0 atom stereocenters. The Morgan fingerprint density at radius 3 is 2.43 bits per heavy atom. The number of amides is 1. The molecule has 1 N–H and O–H groups in total. The predicted molar refractivity (Wildman–Crippen MR) is 123 cm³/mol. The van der Waals surface area contributed by atoms with E-state index in [4.69, 9.17) is 0 Å². The zero-order valence-corrected chi connectivity index (χ0v) is 18.6. The van der Waals surface area contributed by atoms with Crippen LogP contribution in [-0.4, -0.2) is 20.7 Å². The van der Waals surface area contributed by atoms with E-state index in [1.54, 1.807) is 4.68 Å². The van der Waals surface area contributed by atoms with Crippen molar-refractivity contribution in [1.82, 2.24) is 14.8 Å². The number of anilines is 1. The van der Waals surface area contributed by atoms with Crippen LogP contribution in [0.1, 0.15) is 27.3 Å². The van der Waals surface area contributed by atoms with Gasteiger partial charge in [-0.15, -0.1) is 5.10 Å². The minimum Gasteiger partial charge on any atom is -0.319 e. The summed E-state index contributed by atoms with van der Waals surface area (Å²) in [5.41, 5.74) is 5.73. The molecule has 0 fully saturated rings. The van der Waals surface area contributed by atoms with Gasteiger partial charge in [0.25, 0.3) is 5.91 Å². The Labute approximate surface area is 183 Å². The second-order valence-electron chi connectivity index (χ2n) is 7.22. The van der Waals surface area contributed by atoms with E-state index in [-0.39, 0.29) is 11.7 Å². The first-order valence-corrected chi connectivity index (χ1v) is 10.4. The second-order valence-corrected chi connectivity index (χ2v) is 8.13. The maximum Gasteiger partial charge on any atom is 0.295 e. The van der Waals surface area contributed by atoms with Gasteiger partial charge in [-0.1, -0.05) is 52.3 Å². The number of nitrogens with one attached hydrogen (secondary N) is 1. The van der Waals surface area contributed by atoms with Crippen molar-refractivity contribution in [3.63, 3.8) is 0 Å². The normalized spacial score (nSPS) is 10.8. The molecule has 1 heterocycles. The van der Waals surface area contributed by atoms with E-state index in [0.29, 0.717) is 5.82 Å². The van der Waals surface area contributed by atoms with E-state index in [2.05, 4.69) is 31.3 Å². The largest absolute Gasteiger partial charge is 0.319 e. The van der Waals surface area contributed by atoms with Crippen molar-refractivity contribution in [2.45, 2.75) is 20.8 Å². The Balaban J connectivity index is 1.77. The molecule has 0 aliphatic heterocycles. The molecule has 5 nitrogen and oxygen atoms in total. The van der Waals surface area contributed by atoms with Gasteiger partial charge >= 0.3 is 0 Å². The zero-order valence-electron chi connectivity index (χ0n) is 17.0. The maximum absolute atomic E-state index is 13.0. The minimum atomic E-state index is -0.339. The molecule has 0 saturated heterocycles. The summed E-state index contributed by atoms with van der Waals surface area (Å²) in [6.07, 6.45) is 0. The lowest BCUT2D eigenvalue weighted by Gasteiger charge is -2.08. The lowest BCUT2D eigenvalue weighted by Crippen LogP contribution is -2.15. The van der Waals surface area contributed by atoms with Crippen LogP contribution in [0.15, 0.2) is 71.2 Å². The minimum absolute atomic E-state index is 0.121. The van der Waals surface area contributed by atoms with Crippen molar-refractivity contribution in [3.05, 3.63) is 93.7 Å². The fraction of sp³-hybridized carbons (Fsp3) is 0.125. The third-order valence-corrected chi connectivity index (χ3v) is 5.54. The molecule has 3 aromatic carbocycles. The Bertz CT molecular complexity index is 1230. The van der Waals surface area contributed by atoms with Crippen LogP contribution in [-0.2, 0) is 0 Å².